The van der Waals surface area contributed by atoms with E-state index in [9.17, 15) is 0 Å². The minimum atomic E-state index is 0.414. The molecule has 0 radical (unpaired) electrons. The third kappa shape index (κ3) is 4.51. The molecule has 0 bridgehead atoms. The van der Waals surface area contributed by atoms with Gasteiger partial charge in [0.1, 0.15) is 5.01 Å². The van der Waals surface area contributed by atoms with E-state index in [0.29, 0.717) is 6.04 Å². The van der Waals surface area contributed by atoms with Crippen molar-refractivity contribution in [2.24, 2.45) is 11.8 Å². The molecule has 0 spiro atoms. The van der Waals surface area contributed by atoms with E-state index < -0.39 is 0 Å². The summed E-state index contributed by atoms with van der Waals surface area (Å²) in [4.78, 5) is 6.30. The monoisotopic (exact) mass is 310 g/mol. The van der Waals surface area contributed by atoms with Gasteiger partial charge in [-0.25, -0.2) is 4.98 Å². The van der Waals surface area contributed by atoms with Gasteiger partial charge in [0.2, 0.25) is 0 Å². The maximum absolute atomic E-state index is 5.20. The summed E-state index contributed by atoms with van der Waals surface area (Å²) in [7, 11) is 1.77. The third-order valence-corrected chi connectivity index (χ3v) is 5.81. The fourth-order valence-corrected chi connectivity index (χ4v) is 4.48. The van der Waals surface area contributed by atoms with Gasteiger partial charge in [0, 0.05) is 18.5 Å². The molecule has 1 aliphatic rings. The SMILES string of the molecule is CCc1nc(C(NCCOC)C2CCC(C)CC2)sc1C. The van der Waals surface area contributed by atoms with E-state index in [4.69, 9.17) is 9.72 Å². The Morgan fingerprint density at radius 3 is 2.62 bits per heavy atom. The van der Waals surface area contributed by atoms with Crippen LogP contribution in [-0.2, 0) is 11.2 Å². The van der Waals surface area contributed by atoms with E-state index in [1.54, 1.807) is 7.11 Å². The molecule has 1 aromatic rings. The summed E-state index contributed by atoms with van der Waals surface area (Å²) in [5, 5.41) is 5.00. The van der Waals surface area contributed by atoms with Crippen LogP contribution >= 0.6 is 11.3 Å². The van der Waals surface area contributed by atoms with Crippen LogP contribution in [0.15, 0.2) is 0 Å². The number of aromatic nitrogens is 1. The molecule has 1 aromatic heterocycles. The number of thiazole rings is 1. The van der Waals surface area contributed by atoms with Gasteiger partial charge in [-0.2, -0.15) is 0 Å². The molecule has 1 unspecified atom stereocenters. The van der Waals surface area contributed by atoms with Crippen LogP contribution in [0.1, 0.15) is 61.2 Å². The first-order valence-corrected chi connectivity index (χ1v) is 9.15. The molecule has 0 saturated heterocycles. The highest BCUT2D eigenvalue weighted by atomic mass is 32.1. The molecule has 0 aliphatic heterocycles. The molecule has 120 valence electrons. The molecule has 1 heterocycles. The van der Waals surface area contributed by atoms with Gasteiger partial charge in [-0.3, -0.25) is 0 Å². The molecule has 1 atom stereocenters. The zero-order valence-electron chi connectivity index (χ0n) is 13.9. The highest BCUT2D eigenvalue weighted by molar-refractivity contribution is 7.11. The minimum absolute atomic E-state index is 0.414. The van der Waals surface area contributed by atoms with Crippen molar-refractivity contribution in [2.45, 2.75) is 58.9 Å². The van der Waals surface area contributed by atoms with Gasteiger partial charge in [-0.15, -0.1) is 11.3 Å². The predicted molar refractivity (Wildman–Crippen MR) is 90.0 cm³/mol. The first-order chi connectivity index (χ1) is 10.2. The van der Waals surface area contributed by atoms with Crippen molar-refractivity contribution >= 4 is 11.3 Å². The Balaban J connectivity index is 2.10. The highest BCUT2D eigenvalue weighted by Gasteiger charge is 2.29. The summed E-state index contributed by atoms with van der Waals surface area (Å²) in [5.41, 5.74) is 1.28. The second kappa shape index (κ2) is 8.25. The molecule has 1 saturated carbocycles. The molecule has 1 N–H and O–H groups in total. The molecular formula is C17H30N2OS. The Labute approximate surface area is 133 Å². The minimum Gasteiger partial charge on any atom is -0.383 e. The first-order valence-electron chi connectivity index (χ1n) is 8.34. The van der Waals surface area contributed by atoms with Gasteiger partial charge in [0.05, 0.1) is 18.3 Å². The molecule has 1 fully saturated rings. The molecule has 1 aliphatic carbocycles. The number of hydrogen-bond donors (Lipinski definition) is 1. The number of ether oxygens (including phenoxy) is 1. The van der Waals surface area contributed by atoms with Crippen molar-refractivity contribution in [3.8, 4) is 0 Å². The zero-order chi connectivity index (χ0) is 15.2. The zero-order valence-corrected chi connectivity index (χ0v) is 14.8. The third-order valence-electron chi connectivity index (χ3n) is 4.71. The molecule has 4 heteroatoms. The summed E-state index contributed by atoms with van der Waals surface area (Å²) in [6.45, 7) is 8.46. The standard InChI is InChI=1S/C17H30N2OS/c1-5-15-13(3)21-17(19-15)16(18-10-11-20-4)14-8-6-12(2)7-9-14/h12,14,16,18H,5-11H2,1-4H3. The molecule has 0 amide bonds. The lowest BCUT2D eigenvalue weighted by Gasteiger charge is -2.32. The van der Waals surface area contributed by atoms with Crippen molar-refractivity contribution in [3.05, 3.63) is 15.6 Å². The van der Waals surface area contributed by atoms with E-state index in [2.05, 4.69) is 26.1 Å². The molecule has 21 heavy (non-hydrogen) atoms. The van der Waals surface area contributed by atoms with Gasteiger partial charge < -0.3 is 10.1 Å². The van der Waals surface area contributed by atoms with Crippen molar-refractivity contribution in [1.82, 2.24) is 10.3 Å². The second-order valence-electron chi connectivity index (χ2n) is 6.35. The van der Waals surface area contributed by atoms with Crippen LogP contribution < -0.4 is 5.32 Å². The van der Waals surface area contributed by atoms with Crippen molar-refractivity contribution in [2.75, 3.05) is 20.3 Å². The molecule has 2 rings (SSSR count). The number of hydrogen-bond acceptors (Lipinski definition) is 4. The van der Waals surface area contributed by atoms with Crippen LogP contribution in [0, 0.1) is 18.8 Å². The van der Waals surface area contributed by atoms with Gasteiger partial charge in [0.15, 0.2) is 0 Å². The normalized spacial score (nSPS) is 24.2. The van der Waals surface area contributed by atoms with E-state index in [1.807, 2.05) is 11.3 Å². The number of rotatable bonds is 7. The number of aryl methyl sites for hydroxylation is 2. The van der Waals surface area contributed by atoms with Crippen LogP contribution in [0.3, 0.4) is 0 Å². The Bertz CT molecular complexity index is 424. The van der Waals surface area contributed by atoms with Crippen molar-refractivity contribution in [3.63, 3.8) is 0 Å². The lowest BCUT2D eigenvalue weighted by molar-refractivity contribution is 0.179. The fourth-order valence-electron chi connectivity index (χ4n) is 3.30. The predicted octanol–water partition coefficient (Wildman–Crippen LogP) is 4.12. The van der Waals surface area contributed by atoms with Gasteiger partial charge in [-0.05, 0) is 38.0 Å². The van der Waals surface area contributed by atoms with E-state index in [0.717, 1.165) is 31.4 Å². The largest absolute Gasteiger partial charge is 0.383 e. The van der Waals surface area contributed by atoms with Crippen LogP contribution in [-0.4, -0.2) is 25.2 Å². The topological polar surface area (TPSA) is 34.2 Å². The maximum atomic E-state index is 5.20. The summed E-state index contributed by atoms with van der Waals surface area (Å²) < 4.78 is 5.20. The van der Waals surface area contributed by atoms with Crippen LogP contribution in [0.5, 0.6) is 0 Å². The van der Waals surface area contributed by atoms with Crippen LogP contribution in [0.25, 0.3) is 0 Å². The quantitative estimate of drug-likeness (QED) is 0.769. The highest BCUT2D eigenvalue weighted by Crippen LogP contribution is 2.38. The van der Waals surface area contributed by atoms with Gasteiger partial charge in [0.25, 0.3) is 0 Å². The number of nitrogens with zero attached hydrogens (tertiary/aromatic N) is 1. The maximum Gasteiger partial charge on any atom is 0.110 e. The molecular weight excluding hydrogens is 280 g/mol. The summed E-state index contributed by atoms with van der Waals surface area (Å²) in [5.74, 6) is 1.62. The van der Waals surface area contributed by atoms with E-state index in [-0.39, 0.29) is 0 Å². The Morgan fingerprint density at radius 2 is 2.05 bits per heavy atom. The summed E-state index contributed by atoms with van der Waals surface area (Å²) in [6.07, 6.45) is 6.41. The summed E-state index contributed by atoms with van der Waals surface area (Å²) in [6, 6.07) is 0.414. The fraction of sp³-hybridized carbons (Fsp3) is 0.824. The molecule has 3 nitrogen and oxygen atoms in total. The van der Waals surface area contributed by atoms with Gasteiger partial charge >= 0.3 is 0 Å². The Kier molecular flexibility index (Phi) is 6.65. The smallest absolute Gasteiger partial charge is 0.110 e. The van der Waals surface area contributed by atoms with Crippen LogP contribution in [0.4, 0.5) is 0 Å². The Morgan fingerprint density at radius 1 is 1.33 bits per heavy atom. The lowest BCUT2D eigenvalue weighted by Crippen LogP contribution is -2.32. The van der Waals surface area contributed by atoms with Crippen LogP contribution in [0.2, 0.25) is 0 Å². The average Bonchev–Trinajstić information content (AvgIpc) is 2.86. The average molecular weight is 311 g/mol. The number of methoxy groups -OCH3 is 1. The number of nitrogens with one attached hydrogen (secondary N) is 1. The lowest BCUT2D eigenvalue weighted by atomic mass is 9.79. The second-order valence-corrected chi connectivity index (χ2v) is 7.59. The summed E-state index contributed by atoms with van der Waals surface area (Å²) >= 11 is 1.89. The van der Waals surface area contributed by atoms with E-state index in [1.165, 1.54) is 41.3 Å². The molecule has 0 aromatic carbocycles. The van der Waals surface area contributed by atoms with Gasteiger partial charge in [-0.1, -0.05) is 26.7 Å². The Hall–Kier alpha value is -0.450. The van der Waals surface area contributed by atoms with E-state index >= 15 is 0 Å². The first kappa shape index (κ1) is 16.9. The van der Waals surface area contributed by atoms with Crippen molar-refractivity contribution < 1.29 is 4.74 Å². The van der Waals surface area contributed by atoms with Crippen molar-refractivity contribution in [1.29, 1.82) is 0 Å².